The van der Waals surface area contributed by atoms with Gasteiger partial charge in [0.05, 0.1) is 27.1 Å². The standard InChI is InChI=1S/C22H19N5O11/c28-17-11-23-10-14(17)9-18(24-21(31)37-19(29)12-1-5-15(6-2-12)26(33)34)25-22(32)38-20(30)13-3-7-16(8-4-13)27(35)36/h1-8,14,17,23,28H,9-11H2,(H,24,25,31,32)/t14-,17-/m1/s1. The lowest BCUT2D eigenvalue weighted by Crippen LogP contribution is -2.36. The van der Waals surface area contributed by atoms with Gasteiger partial charge >= 0.3 is 24.1 Å². The van der Waals surface area contributed by atoms with E-state index in [9.17, 15) is 44.5 Å². The van der Waals surface area contributed by atoms with E-state index in [0.717, 1.165) is 48.5 Å². The molecule has 198 valence electrons. The molecule has 0 bridgehead atoms. The number of rotatable bonds is 6. The maximum absolute atomic E-state index is 12.3. The monoisotopic (exact) mass is 529 g/mol. The molecule has 1 aliphatic heterocycles. The summed E-state index contributed by atoms with van der Waals surface area (Å²) in [6, 6.07) is 8.42. The Morgan fingerprint density at radius 3 is 1.84 bits per heavy atom. The summed E-state index contributed by atoms with van der Waals surface area (Å²) in [5.41, 5.74) is -0.932. The van der Waals surface area contributed by atoms with Gasteiger partial charge < -0.3 is 19.9 Å². The smallest absolute Gasteiger partial charge is 0.391 e. The lowest BCUT2D eigenvalue weighted by molar-refractivity contribution is -0.385. The van der Waals surface area contributed by atoms with Gasteiger partial charge in [-0.15, -0.1) is 0 Å². The Bertz CT molecular complexity index is 1290. The van der Waals surface area contributed by atoms with Gasteiger partial charge in [-0.1, -0.05) is 0 Å². The fourth-order valence-corrected chi connectivity index (χ4v) is 3.30. The number of nitrogens with one attached hydrogen (secondary N) is 2. The van der Waals surface area contributed by atoms with E-state index in [1.165, 1.54) is 0 Å². The molecule has 1 fully saturated rings. The number of nitro groups is 2. The van der Waals surface area contributed by atoms with Gasteiger partial charge in [0.2, 0.25) is 0 Å². The number of non-ortho nitro benzene ring substituents is 2. The van der Waals surface area contributed by atoms with Gasteiger partial charge in [0.1, 0.15) is 5.84 Å². The van der Waals surface area contributed by atoms with E-state index in [1.54, 1.807) is 0 Å². The zero-order valence-electron chi connectivity index (χ0n) is 19.3. The van der Waals surface area contributed by atoms with Crippen molar-refractivity contribution < 1.29 is 43.6 Å². The molecule has 1 saturated heterocycles. The molecule has 0 aromatic heterocycles. The quantitative estimate of drug-likeness (QED) is 0.121. The van der Waals surface area contributed by atoms with Crippen LogP contribution in [0.2, 0.25) is 0 Å². The molecule has 3 rings (SSSR count). The summed E-state index contributed by atoms with van der Waals surface area (Å²) >= 11 is 0. The van der Waals surface area contributed by atoms with Gasteiger partial charge in [0.15, 0.2) is 0 Å². The number of aliphatic imine (C=N–C) groups is 1. The van der Waals surface area contributed by atoms with Crippen LogP contribution in [0.3, 0.4) is 0 Å². The molecular weight excluding hydrogens is 510 g/mol. The summed E-state index contributed by atoms with van der Waals surface area (Å²) in [4.78, 5) is 72.5. The minimum atomic E-state index is -1.45. The molecule has 0 spiro atoms. The molecule has 16 nitrogen and oxygen atoms in total. The Morgan fingerprint density at radius 2 is 1.39 bits per heavy atom. The first-order chi connectivity index (χ1) is 18.0. The molecule has 0 saturated carbocycles. The average Bonchev–Trinajstić information content (AvgIpc) is 3.27. The highest BCUT2D eigenvalue weighted by Gasteiger charge is 2.28. The lowest BCUT2D eigenvalue weighted by atomic mass is 10.0. The minimum absolute atomic E-state index is 0.173. The van der Waals surface area contributed by atoms with Crippen molar-refractivity contribution in [2.75, 3.05) is 13.1 Å². The molecule has 0 radical (unpaired) electrons. The van der Waals surface area contributed by atoms with Gasteiger partial charge in [-0.25, -0.2) is 19.2 Å². The fraction of sp³-hybridized carbons (Fsp3) is 0.227. The summed E-state index contributed by atoms with van der Waals surface area (Å²) < 4.78 is 9.22. The molecule has 1 heterocycles. The largest absolute Gasteiger partial charge is 0.443 e. The summed E-state index contributed by atoms with van der Waals surface area (Å²) in [6.07, 6.45) is -3.85. The SMILES string of the molecule is O=C(N=C(C[C@@H]1CNC[C@H]1O)NC(=O)OC(=O)c1ccc([N+](=O)[O-])cc1)OC(=O)c1ccc([N+](=O)[O-])cc1. The van der Waals surface area contributed by atoms with Crippen LogP contribution in [0.5, 0.6) is 0 Å². The van der Waals surface area contributed by atoms with Crippen LogP contribution in [-0.4, -0.2) is 64.1 Å². The van der Waals surface area contributed by atoms with E-state index in [-0.39, 0.29) is 41.3 Å². The van der Waals surface area contributed by atoms with Gasteiger partial charge in [0.25, 0.3) is 11.4 Å². The van der Waals surface area contributed by atoms with Crippen LogP contribution < -0.4 is 10.6 Å². The Morgan fingerprint density at radius 1 is 0.895 bits per heavy atom. The van der Waals surface area contributed by atoms with Gasteiger partial charge in [-0.05, 0) is 24.3 Å². The number of esters is 2. The van der Waals surface area contributed by atoms with Crippen molar-refractivity contribution in [2.24, 2.45) is 10.9 Å². The second kappa shape index (κ2) is 12.2. The number of nitrogens with zero attached hydrogens (tertiary/aromatic N) is 3. The third kappa shape index (κ3) is 7.45. The van der Waals surface area contributed by atoms with Crippen molar-refractivity contribution in [1.82, 2.24) is 10.6 Å². The number of carbonyl (C=O) groups is 4. The van der Waals surface area contributed by atoms with Crippen molar-refractivity contribution in [2.45, 2.75) is 12.5 Å². The summed E-state index contributed by atoms with van der Waals surface area (Å²) in [6.45, 7) is 0.541. The molecule has 3 N–H and O–H groups in total. The van der Waals surface area contributed by atoms with Gasteiger partial charge in [0, 0.05) is 49.7 Å². The van der Waals surface area contributed by atoms with E-state index in [2.05, 4.69) is 25.1 Å². The third-order valence-corrected chi connectivity index (χ3v) is 5.23. The van der Waals surface area contributed by atoms with Crippen molar-refractivity contribution in [3.05, 3.63) is 79.9 Å². The number of amides is 2. The fourth-order valence-electron chi connectivity index (χ4n) is 3.30. The number of amidine groups is 1. The van der Waals surface area contributed by atoms with E-state index in [4.69, 9.17) is 0 Å². The number of alkyl carbamates (subject to hydrolysis) is 1. The summed E-state index contributed by atoms with van der Waals surface area (Å²) in [5, 5.41) is 36.5. The van der Waals surface area contributed by atoms with Gasteiger partial charge in [-0.3, -0.25) is 25.5 Å². The highest BCUT2D eigenvalue weighted by molar-refractivity contribution is 6.06. The zero-order valence-corrected chi connectivity index (χ0v) is 19.3. The molecule has 2 amide bonds. The van der Waals surface area contributed by atoms with Crippen molar-refractivity contribution in [1.29, 1.82) is 0 Å². The topological polar surface area (TPSA) is 230 Å². The number of benzene rings is 2. The van der Waals surface area contributed by atoms with Crippen molar-refractivity contribution >= 4 is 41.3 Å². The van der Waals surface area contributed by atoms with Crippen LogP contribution in [0.4, 0.5) is 21.0 Å². The highest BCUT2D eigenvalue weighted by Crippen LogP contribution is 2.16. The first-order valence-electron chi connectivity index (χ1n) is 10.8. The van der Waals surface area contributed by atoms with E-state index in [0.29, 0.717) is 6.54 Å². The van der Waals surface area contributed by atoms with Crippen LogP contribution in [0.1, 0.15) is 27.1 Å². The molecular formula is C22H19N5O11. The molecule has 16 heteroatoms. The second-order valence-corrected chi connectivity index (χ2v) is 7.81. The Kier molecular flexibility index (Phi) is 8.86. The van der Waals surface area contributed by atoms with E-state index < -0.39 is 46.0 Å². The molecule has 0 aliphatic carbocycles. The van der Waals surface area contributed by atoms with Crippen molar-refractivity contribution in [3.8, 4) is 0 Å². The number of nitro benzene ring substituents is 2. The average molecular weight is 529 g/mol. The Labute approximate surface area is 212 Å². The van der Waals surface area contributed by atoms with Crippen LogP contribution in [0.25, 0.3) is 0 Å². The van der Waals surface area contributed by atoms with Crippen LogP contribution in [0, 0.1) is 26.1 Å². The number of aliphatic hydroxyl groups excluding tert-OH is 1. The summed E-state index contributed by atoms with van der Waals surface area (Å²) in [7, 11) is 0. The first kappa shape index (κ1) is 27.5. The van der Waals surface area contributed by atoms with Crippen LogP contribution in [0.15, 0.2) is 53.5 Å². The minimum Gasteiger partial charge on any atom is -0.391 e. The number of ether oxygens (including phenoxy) is 2. The number of hydrogen-bond donors (Lipinski definition) is 3. The number of aliphatic hydroxyl groups is 1. The van der Waals surface area contributed by atoms with Crippen LogP contribution >= 0.6 is 0 Å². The maximum atomic E-state index is 12.3. The normalized spacial score (nSPS) is 16.8. The maximum Gasteiger partial charge on any atom is 0.443 e. The molecule has 1 aliphatic rings. The number of hydrogen-bond acceptors (Lipinski definition) is 12. The Balaban J connectivity index is 1.68. The Hall–Kier alpha value is -5.09. The zero-order chi connectivity index (χ0) is 27.8. The van der Waals surface area contributed by atoms with E-state index in [1.807, 2.05) is 0 Å². The second-order valence-electron chi connectivity index (χ2n) is 7.81. The number of β-amino-alcohol motifs (C(OH)–C–C–N with tert-alkyl or cyclic N) is 1. The van der Waals surface area contributed by atoms with Crippen molar-refractivity contribution in [3.63, 3.8) is 0 Å². The molecule has 0 unspecified atom stereocenters. The molecule has 2 aromatic carbocycles. The van der Waals surface area contributed by atoms with Crippen LogP contribution in [-0.2, 0) is 9.47 Å². The molecule has 38 heavy (non-hydrogen) atoms. The van der Waals surface area contributed by atoms with E-state index >= 15 is 0 Å². The molecule has 2 aromatic rings. The molecule has 2 atom stereocenters. The predicted octanol–water partition coefficient (Wildman–Crippen LogP) is 1.72. The number of carbonyl (C=O) groups excluding carboxylic acids is 4. The lowest BCUT2D eigenvalue weighted by Gasteiger charge is -2.15. The first-order valence-corrected chi connectivity index (χ1v) is 10.8. The predicted molar refractivity (Wildman–Crippen MR) is 125 cm³/mol. The third-order valence-electron chi connectivity index (χ3n) is 5.23. The summed E-state index contributed by atoms with van der Waals surface area (Å²) in [5.74, 6) is -3.22. The van der Waals surface area contributed by atoms with Gasteiger partial charge in [-0.2, -0.15) is 4.99 Å². The highest BCUT2D eigenvalue weighted by atomic mass is 16.6.